The summed E-state index contributed by atoms with van der Waals surface area (Å²) in [5, 5.41) is 8.75. The van der Waals surface area contributed by atoms with Crippen molar-refractivity contribution < 1.29 is 9.47 Å². The summed E-state index contributed by atoms with van der Waals surface area (Å²) in [7, 11) is 3.05. The summed E-state index contributed by atoms with van der Waals surface area (Å²) in [6, 6.07) is 7.24. The van der Waals surface area contributed by atoms with Crippen molar-refractivity contribution in [3.05, 3.63) is 23.8 Å². The Kier molecular flexibility index (Phi) is 2.54. The maximum absolute atomic E-state index is 8.75. The Morgan fingerprint density at radius 3 is 2.00 bits per heavy atom. The molecule has 0 radical (unpaired) electrons. The first-order chi connectivity index (χ1) is 5.83. The molecule has 1 rings (SSSR count). The van der Waals surface area contributed by atoms with Gasteiger partial charge in [0.25, 0.3) is 0 Å². The SMILES string of the molecule is COc1cccc(OC)c1C#N. The molecule has 1 aromatic carbocycles. The molecule has 0 N–H and O–H groups in total. The molecule has 1 aromatic rings. The van der Waals surface area contributed by atoms with Crippen LogP contribution in [-0.2, 0) is 0 Å². The molecule has 0 saturated carbocycles. The van der Waals surface area contributed by atoms with E-state index in [1.807, 2.05) is 6.07 Å². The molecule has 0 unspecified atom stereocenters. The van der Waals surface area contributed by atoms with Gasteiger partial charge in [-0.15, -0.1) is 0 Å². The van der Waals surface area contributed by atoms with Crippen LogP contribution in [-0.4, -0.2) is 14.2 Å². The molecule has 0 atom stereocenters. The summed E-state index contributed by atoms with van der Waals surface area (Å²) in [6.45, 7) is 0. The second kappa shape index (κ2) is 3.63. The highest BCUT2D eigenvalue weighted by atomic mass is 16.5. The maximum atomic E-state index is 8.75. The van der Waals surface area contributed by atoms with Crippen molar-refractivity contribution in [3.8, 4) is 17.6 Å². The van der Waals surface area contributed by atoms with Gasteiger partial charge < -0.3 is 9.47 Å². The summed E-state index contributed by atoms with van der Waals surface area (Å²) in [6.07, 6.45) is 0. The molecule has 0 amide bonds. The summed E-state index contributed by atoms with van der Waals surface area (Å²) in [4.78, 5) is 0. The van der Waals surface area contributed by atoms with Gasteiger partial charge in [-0.1, -0.05) is 6.07 Å². The molecular formula is C9H9NO2. The Morgan fingerprint density at radius 2 is 1.67 bits per heavy atom. The number of rotatable bonds is 2. The number of benzene rings is 1. The summed E-state index contributed by atoms with van der Waals surface area (Å²) < 4.78 is 9.95. The molecule has 0 aliphatic carbocycles. The fourth-order valence-electron chi connectivity index (χ4n) is 0.961. The van der Waals surface area contributed by atoms with E-state index in [-0.39, 0.29) is 0 Å². The fraction of sp³-hybridized carbons (Fsp3) is 0.222. The first-order valence-electron chi connectivity index (χ1n) is 3.44. The van der Waals surface area contributed by atoms with Crippen LogP contribution in [0.3, 0.4) is 0 Å². The highest BCUT2D eigenvalue weighted by molar-refractivity contribution is 5.52. The van der Waals surface area contributed by atoms with Crippen LogP contribution in [0.2, 0.25) is 0 Å². The van der Waals surface area contributed by atoms with E-state index in [0.29, 0.717) is 17.1 Å². The van der Waals surface area contributed by atoms with Crippen LogP contribution in [0.15, 0.2) is 18.2 Å². The van der Waals surface area contributed by atoms with E-state index < -0.39 is 0 Å². The zero-order valence-electron chi connectivity index (χ0n) is 7.00. The van der Waals surface area contributed by atoms with Crippen LogP contribution in [0.25, 0.3) is 0 Å². The normalized spacial score (nSPS) is 8.75. The quantitative estimate of drug-likeness (QED) is 0.664. The number of nitrogens with zero attached hydrogens (tertiary/aromatic N) is 1. The monoisotopic (exact) mass is 163 g/mol. The first kappa shape index (κ1) is 8.41. The van der Waals surface area contributed by atoms with Crippen molar-refractivity contribution >= 4 is 0 Å². The Bertz CT molecular complexity index is 293. The molecular weight excluding hydrogens is 154 g/mol. The third-order valence-electron chi connectivity index (χ3n) is 1.54. The third kappa shape index (κ3) is 1.32. The maximum Gasteiger partial charge on any atom is 0.140 e. The largest absolute Gasteiger partial charge is 0.495 e. The number of ether oxygens (including phenoxy) is 2. The molecule has 0 heterocycles. The third-order valence-corrected chi connectivity index (χ3v) is 1.54. The lowest BCUT2D eigenvalue weighted by atomic mass is 10.2. The van der Waals surface area contributed by atoms with Gasteiger partial charge in [-0.3, -0.25) is 0 Å². The van der Waals surface area contributed by atoms with Crippen molar-refractivity contribution in [3.63, 3.8) is 0 Å². The van der Waals surface area contributed by atoms with Gasteiger partial charge in [0.2, 0.25) is 0 Å². The number of hydrogen-bond donors (Lipinski definition) is 0. The van der Waals surface area contributed by atoms with Crippen LogP contribution in [0.5, 0.6) is 11.5 Å². The Morgan fingerprint density at radius 1 is 1.17 bits per heavy atom. The second-order valence-electron chi connectivity index (χ2n) is 2.15. The number of nitriles is 1. The molecule has 3 nitrogen and oxygen atoms in total. The highest BCUT2D eigenvalue weighted by Gasteiger charge is 2.07. The summed E-state index contributed by atoms with van der Waals surface area (Å²) in [5.74, 6) is 1.08. The van der Waals surface area contributed by atoms with Crippen molar-refractivity contribution in [1.82, 2.24) is 0 Å². The average Bonchev–Trinajstić information content (AvgIpc) is 2.16. The lowest BCUT2D eigenvalue weighted by Gasteiger charge is -2.05. The molecule has 12 heavy (non-hydrogen) atoms. The van der Waals surface area contributed by atoms with Crippen molar-refractivity contribution in [1.29, 1.82) is 5.26 Å². The van der Waals surface area contributed by atoms with Crippen molar-refractivity contribution in [2.75, 3.05) is 14.2 Å². The standard InChI is InChI=1S/C9H9NO2/c1-11-8-4-3-5-9(12-2)7(8)6-10/h3-5H,1-2H3. The second-order valence-corrected chi connectivity index (χ2v) is 2.15. The minimum absolute atomic E-state index is 0.433. The van der Waals surface area contributed by atoms with Crippen molar-refractivity contribution in [2.45, 2.75) is 0 Å². The Labute approximate surface area is 71.1 Å². The van der Waals surface area contributed by atoms with Gasteiger partial charge in [-0.05, 0) is 12.1 Å². The molecule has 0 aromatic heterocycles. The highest BCUT2D eigenvalue weighted by Crippen LogP contribution is 2.26. The predicted molar refractivity (Wildman–Crippen MR) is 44.3 cm³/mol. The van der Waals surface area contributed by atoms with Gasteiger partial charge >= 0.3 is 0 Å². The van der Waals surface area contributed by atoms with Crippen molar-refractivity contribution in [2.24, 2.45) is 0 Å². The van der Waals surface area contributed by atoms with E-state index in [0.717, 1.165) is 0 Å². The first-order valence-corrected chi connectivity index (χ1v) is 3.44. The van der Waals surface area contributed by atoms with Gasteiger partial charge in [0.15, 0.2) is 0 Å². The predicted octanol–water partition coefficient (Wildman–Crippen LogP) is 1.58. The fourth-order valence-corrected chi connectivity index (χ4v) is 0.961. The minimum atomic E-state index is 0.433. The summed E-state index contributed by atoms with van der Waals surface area (Å²) in [5.41, 5.74) is 0.433. The summed E-state index contributed by atoms with van der Waals surface area (Å²) >= 11 is 0. The number of hydrogen-bond acceptors (Lipinski definition) is 3. The van der Waals surface area contributed by atoms with Crippen LogP contribution >= 0.6 is 0 Å². The van der Waals surface area contributed by atoms with E-state index in [9.17, 15) is 0 Å². The van der Waals surface area contributed by atoms with Crippen LogP contribution in [0, 0.1) is 11.3 Å². The van der Waals surface area contributed by atoms with E-state index in [4.69, 9.17) is 14.7 Å². The van der Waals surface area contributed by atoms with E-state index in [1.54, 1.807) is 18.2 Å². The topological polar surface area (TPSA) is 42.2 Å². The van der Waals surface area contributed by atoms with Gasteiger partial charge in [-0.2, -0.15) is 5.26 Å². The molecule has 0 spiro atoms. The van der Waals surface area contributed by atoms with Gasteiger partial charge in [0.05, 0.1) is 14.2 Å². The van der Waals surface area contributed by atoms with E-state index in [2.05, 4.69) is 0 Å². The van der Waals surface area contributed by atoms with Gasteiger partial charge in [-0.25, -0.2) is 0 Å². The van der Waals surface area contributed by atoms with Crippen LogP contribution in [0.1, 0.15) is 5.56 Å². The number of methoxy groups -OCH3 is 2. The van der Waals surface area contributed by atoms with Crippen LogP contribution in [0.4, 0.5) is 0 Å². The van der Waals surface area contributed by atoms with E-state index in [1.165, 1.54) is 14.2 Å². The molecule has 62 valence electrons. The van der Waals surface area contributed by atoms with E-state index >= 15 is 0 Å². The lowest BCUT2D eigenvalue weighted by Crippen LogP contribution is -1.92. The molecule has 3 heteroatoms. The molecule has 0 saturated heterocycles. The van der Waals surface area contributed by atoms with Gasteiger partial charge in [0.1, 0.15) is 23.1 Å². The Balaban J connectivity index is 3.25. The minimum Gasteiger partial charge on any atom is -0.495 e. The lowest BCUT2D eigenvalue weighted by molar-refractivity contribution is 0.392. The zero-order chi connectivity index (χ0) is 8.97. The average molecular weight is 163 g/mol. The van der Waals surface area contributed by atoms with Gasteiger partial charge in [0, 0.05) is 0 Å². The zero-order valence-corrected chi connectivity index (χ0v) is 7.00. The molecule has 0 bridgehead atoms. The Hall–Kier alpha value is -1.69. The molecule has 0 aliphatic heterocycles. The molecule has 0 fully saturated rings. The smallest absolute Gasteiger partial charge is 0.140 e. The van der Waals surface area contributed by atoms with Crippen LogP contribution < -0.4 is 9.47 Å². The molecule has 0 aliphatic rings.